The summed E-state index contributed by atoms with van der Waals surface area (Å²) in [7, 11) is 0. The zero-order valence-electron chi connectivity index (χ0n) is 34.9. The fourth-order valence-electron chi connectivity index (χ4n) is 14.7. The molecular formula is C58H53N. The van der Waals surface area contributed by atoms with Gasteiger partial charge < -0.3 is 4.90 Å². The number of hydrogen-bond acceptors (Lipinski definition) is 1. The van der Waals surface area contributed by atoms with Crippen molar-refractivity contribution in [3.63, 3.8) is 0 Å². The lowest BCUT2D eigenvalue weighted by Crippen LogP contribution is -2.73. The second-order valence-corrected chi connectivity index (χ2v) is 20.8. The van der Waals surface area contributed by atoms with Gasteiger partial charge in [0.15, 0.2) is 0 Å². The Labute approximate surface area is 350 Å². The van der Waals surface area contributed by atoms with Crippen molar-refractivity contribution in [1.29, 1.82) is 0 Å². The predicted octanol–water partition coefficient (Wildman–Crippen LogP) is 15.3. The van der Waals surface area contributed by atoms with E-state index >= 15 is 0 Å². The molecule has 7 aromatic carbocycles. The lowest BCUT2D eigenvalue weighted by Gasteiger charge is -2.76. The van der Waals surface area contributed by atoms with Crippen LogP contribution in [0.2, 0.25) is 0 Å². The predicted molar refractivity (Wildman–Crippen MR) is 246 cm³/mol. The first-order valence-electron chi connectivity index (χ1n) is 22.6. The van der Waals surface area contributed by atoms with Crippen molar-refractivity contribution in [1.82, 2.24) is 0 Å². The molecule has 7 aromatic rings. The van der Waals surface area contributed by atoms with Gasteiger partial charge >= 0.3 is 0 Å². The molecule has 0 aliphatic heterocycles. The van der Waals surface area contributed by atoms with Gasteiger partial charge in [-0.15, -0.1) is 0 Å². The SMILES string of the molecule is CC1(C)CCC(C)(C)c2cc(-c3ccccc3N(c3ccc(-c4ccc5ccccc5c4)cc3)c3ccc4c(c3)C3(c5ccccc5-4)C4CC5CC6CC3C64C5)ccc21. The molecule has 2 bridgehead atoms. The Morgan fingerprint density at radius 1 is 0.458 bits per heavy atom. The molecule has 2 spiro atoms. The highest BCUT2D eigenvalue weighted by Crippen LogP contribution is 2.89. The van der Waals surface area contributed by atoms with Gasteiger partial charge in [0.25, 0.3) is 0 Å². The Hall–Kier alpha value is -5.40. The number of benzene rings is 7. The van der Waals surface area contributed by atoms with Crippen molar-refractivity contribution in [2.24, 2.45) is 29.1 Å². The van der Waals surface area contributed by atoms with Crippen LogP contribution < -0.4 is 4.90 Å². The number of rotatable bonds is 5. The average Bonchev–Trinajstić information content (AvgIpc) is 3.90. The van der Waals surface area contributed by atoms with E-state index in [1.54, 1.807) is 11.1 Å². The van der Waals surface area contributed by atoms with E-state index in [-0.39, 0.29) is 16.2 Å². The Balaban J connectivity index is 0.991. The molecule has 290 valence electrons. The Kier molecular flexibility index (Phi) is 6.81. The lowest BCUT2D eigenvalue weighted by atomic mass is 9.27. The maximum atomic E-state index is 2.66. The van der Waals surface area contributed by atoms with Gasteiger partial charge in [-0.05, 0) is 176 Å². The second-order valence-electron chi connectivity index (χ2n) is 20.8. The maximum Gasteiger partial charge on any atom is 0.0540 e. The molecule has 6 unspecified atom stereocenters. The lowest BCUT2D eigenvalue weighted by molar-refractivity contribution is -0.231. The topological polar surface area (TPSA) is 3.24 Å². The molecule has 59 heavy (non-hydrogen) atoms. The summed E-state index contributed by atoms with van der Waals surface area (Å²) < 4.78 is 0. The summed E-state index contributed by atoms with van der Waals surface area (Å²) >= 11 is 0. The summed E-state index contributed by atoms with van der Waals surface area (Å²) in [5.74, 6) is 3.46. The molecule has 6 aliphatic rings. The molecule has 4 fully saturated rings. The Bertz CT molecular complexity index is 2890. The summed E-state index contributed by atoms with van der Waals surface area (Å²) in [6, 6.07) is 58.7. The van der Waals surface area contributed by atoms with Crippen LogP contribution in [0.15, 0.2) is 152 Å². The summed E-state index contributed by atoms with van der Waals surface area (Å²) in [5, 5.41) is 2.56. The molecule has 0 heterocycles. The van der Waals surface area contributed by atoms with E-state index in [1.165, 1.54) is 111 Å². The number of nitrogens with zero attached hydrogens (tertiary/aromatic N) is 1. The quantitative estimate of drug-likeness (QED) is 0.169. The third kappa shape index (κ3) is 4.42. The monoisotopic (exact) mass is 763 g/mol. The normalized spacial score (nSPS) is 28.0. The number of para-hydroxylation sites is 1. The molecule has 0 saturated heterocycles. The van der Waals surface area contributed by atoms with Gasteiger partial charge in [0, 0.05) is 22.4 Å². The van der Waals surface area contributed by atoms with Crippen LogP contribution in [-0.4, -0.2) is 0 Å². The molecule has 0 radical (unpaired) electrons. The van der Waals surface area contributed by atoms with Crippen LogP contribution in [0.1, 0.15) is 88.5 Å². The van der Waals surface area contributed by atoms with Crippen molar-refractivity contribution in [2.75, 3.05) is 4.90 Å². The minimum atomic E-state index is 0.137. The Morgan fingerprint density at radius 2 is 1.12 bits per heavy atom. The minimum Gasteiger partial charge on any atom is -0.310 e. The van der Waals surface area contributed by atoms with E-state index in [4.69, 9.17) is 0 Å². The van der Waals surface area contributed by atoms with Gasteiger partial charge in [-0.2, -0.15) is 0 Å². The van der Waals surface area contributed by atoms with Gasteiger partial charge in [-0.1, -0.05) is 143 Å². The second kappa shape index (κ2) is 11.7. The van der Waals surface area contributed by atoms with E-state index in [0.29, 0.717) is 5.41 Å². The molecule has 6 atom stereocenters. The van der Waals surface area contributed by atoms with Crippen molar-refractivity contribution in [2.45, 2.75) is 82.5 Å². The van der Waals surface area contributed by atoms with Crippen LogP contribution >= 0.6 is 0 Å². The standard InChI is InChI=1S/C58H53N/c1-55(2)27-28-56(3,4)51-32-41(21-26-49(51)55)45-13-8-10-16-52(45)59(43-22-19-38(20-23-43)40-18-17-37-11-5-6-12-39(37)31-40)44-24-25-47-46-14-7-9-15-48(46)58(50(47)34-44)53-30-36-29-42-33-54(58)57(42,53)35-36/h5-26,31-32,34,36,42,53-54H,27-30,33,35H2,1-4H3. The molecule has 4 saturated carbocycles. The molecule has 0 amide bonds. The Morgan fingerprint density at radius 3 is 1.95 bits per heavy atom. The molecule has 0 aromatic heterocycles. The first-order chi connectivity index (χ1) is 28.7. The van der Waals surface area contributed by atoms with Crippen molar-refractivity contribution >= 4 is 27.8 Å². The maximum absolute atomic E-state index is 2.66. The van der Waals surface area contributed by atoms with Crippen molar-refractivity contribution in [3.05, 3.63) is 174 Å². The highest BCUT2D eigenvalue weighted by atomic mass is 15.1. The number of anilines is 3. The van der Waals surface area contributed by atoms with Crippen LogP contribution in [0.25, 0.3) is 44.2 Å². The third-order valence-corrected chi connectivity index (χ3v) is 17.4. The van der Waals surface area contributed by atoms with E-state index in [0.717, 1.165) is 23.7 Å². The number of hydrogen-bond donors (Lipinski definition) is 0. The first kappa shape index (κ1) is 34.5. The highest BCUT2D eigenvalue weighted by Gasteiger charge is 2.84. The van der Waals surface area contributed by atoms with Crippen LogP contribution in [0.4, 0.5) is 17.1 Å². The third-order valence-electron chi connectivity index (χ3n) is 17.4. The zero-order valence-corrected chi connectivity index (χ0v) is 34.9. The molecule has 1 nitrogen and oxygen atoms in total. The van der Waals surface area contributed by atoms with E-state index in [1.807, 2.05) is 0 Å². The molecule has 1 heteroatoms. The summed E-state index contributed by atoms with van der Waals surface area (Å²) in [6.07, 6.45) is 8.24. The smallest absolute Gasteiger partial charge is 0.0540 e. The average molecular weight is 764 g/mol. The van der Waals surface area contributed by atoms with E-state index in [9.17, 15) is 0 Å². The van der Waals surface area contributed by atoms with Crippen LogP contribution in [-0.2, 0) is 16.2 Å². The molecular weight excluding hydrogens is 711 g/mol. The zero-order chi connectivity index (χ0) is 39.5. The largest absolute Gasteiger partial charge is 0.310 e. The summed E-state index contributed by atoms with van der Waals surface area (Å²) in [6.45, 7) is 9.76. The van der Waals surface area contributed by atoms with E-state index < -0.39 is 0 Å². The van der Waals surface area contributed by atoms with Gasteiger partial charge in [0.05, 0.1) is 5.69 Å². The van der Waals surface area contributed by atoms with Crippen LogP contribution in [0, 0.1) is 29.1 Å². The summed E-state index contributed by atoms with van der Waals surface area (Å²) in [5.41, 5.74) is 19.1. The van der Waals surface area contributed by atoms with Crippen LogP contribution in [0.3, 0.4) is 0 Å². The van der Waals surface area contributed by atoms with Crippen LogP contribution in [0.5, 0.6) is 0 Å². The van der Waals surface area contributed by atoms with Gasteiger partial charge in [-0.3, -0.25) is 0 Å². The van der Waals surface area contributed by atoms with E-state index in [2.05, 4.69) is 184 Å². The molecule has 0 N–H and O–H groups in total. The van der Waals surface area contributed by atoms with Crippen molar-refractivity contribution < 1.29 is 0 Å². The molecule has 13 rings (SSSR count). The van der Waals surface area contributed by atoms with Crippen molar-refractivity contribution in [3.8, 4) is 33.4 Å². The number of fused-ring (bicyclic) bond motifs is 10. The fraction of sp³-hybridized carbons (Fsp3) is 0.310. The first-order valence-corrected chi connectivity index (χ1v) is 22.6. The molecule has 6 aliphatic carbocycles. The minimum absolute atomic E-state index is 0.137. The van der Waals surface area contributed by atoms with Gasteiger partial charge in [-0.25, -0.2) is 0 Å². The highest BCUT2D eigenvalue weighted by molar-refractivity contribution is 5.92. The van der Waals surface area contributed by atoms with Gasteiger partial charge in [0.2, 0.25) is 0 Å². The van der Waals surface area contributed by atoms with Gasteiger partial charge in [0.1, 0.15) is 0 Å². The summed E-state index contributed by atoms with van der Waals surface area (Å²) in [4.78, 5) is 2.59. The fourth-order valence-corrected chi connectivity index (χ4v) is 14.7.